The molecule has 2 atom stereocenters. The molecule has 0 aliphatic carbocycles. The second-order valence-corrected chi connectivity index (χ2v) is 4.82. The Morgan fingerprint density at radius 3 is 2.69 bits per heavy atom. The molecule has 2 heteroatoms. The fourth-order valence-corrected chi connectivity index (χ4v) is 2.54. The topological polar surface area (TPSA) is 15.3 Å². The zero-order valence-corrected chi connectivity index (χ0v) is 10.3. The monoisotopic (exact) mass is 218 g/mol. The molecule has 1 heterocycles. The van der Waals surface area contributed by atoms with Crippen molar-refractivity contribution >= 4 is 0 Å². The van der Waals surface area contributed by atoms with Crippen LogP contribution in [0.15, 0.2) is 30.3 Å². The van der Waals surface area contributed by atoms with Crippen molar-refractivity contribution in [3.8, 4) is 0 Å². The smallest absolute Gasteiger partial charge is 0.0236 e. The minimum atomic E-state index is 0.686. The molecular weight excluding hydrogens is 196 g/mol. The summed E-state index contributed by atoms with van der Waals surface area (Å²) in [6.07, 6.45) is 2.54. The molecule has 2 rings (SSSR count). The normalized spacial score (nSPS) is 26.9. The summed E-state index contributed by atoms with van der Waals surface area (Å²) in [7, 11) is 2.07. The molecule has 0 unspecified atom stereocenters. The van der Waals surface area contributed by atoms with Gasteiger partial charge in [0, 0.05) is 25.2 Å². The van der Waals surface area contributed by atoms with Crippen LogP contribution in [0, 0.1) is 0 Å². The summed E-state index contributed by atoms with van der Waals surface area (Å²) in [5.41, 5.74) is 1.43. The number of likely N-dealkylation sites (tertiary alicyclic amines) is 1. The lowest BCUT2D eigenvalue weighted by molar-refractivity contribution is 0.131. The highest BCUT2D eigenvalue weighted by Gasteiger charge is 2.23. The SMILES string of the molecule is CN[C@H]1CCN(Cc2ccccc2)[C@H](C)C1. The average molecular weight is 218 g/mol. The van der Waals surface area contributed by atoms with Crippen LogP contribution in [-0.4, -0.2) is 30.6 Å². The van der Waals surface area contributed by atoms with Gasteiger partial charge in [0.1, 0.15) is 0 Å². The standard InChI is InChI=1S/C14H22N2/c1-12-10-14(15-2)8-9-16(12)11-13-6-4-3-5-7-13/h3-7,12,14-15H,8-11H2,1-2H3/t12-,14+/m1/s1. The molecule has 1 saturated heterocycles. The molecular formula is C14H22N2. The molecule has 1 aromatic carbocycles. The molecule has 1 N–H and O–H groups in total. The third-order valence-corrected chi connectivity index (χ3v) is 3.65. The Balaban J connectivity index is 1.92. The van der Waals surface area contributed by atoms with Crippen molar-refractivity contribution < 1.29 is 0 Å². The van der Waals surface area contributed by atoms with Gasteiger partial charge in [-0.15, -0.1) is 0 Å². The summed E-state index contributed by atoms with van der Waals surface area (Å²) < 4.78 is 0. The Morgan fingerprint density at radius 2 is 2.06 bits per heavy atom. The highest BCUT2D eigenvalue weighted by Crippen LogP contribution is 2.19. The summed E-state index contributed by atoms with van der Waals surface area (Å²) in [5, 5.41) is 3.39. The first-order valence-electron chi connectivity index (χ1n) is 6.25. The molecule has 0 radical (unpaired) electrons. The predicted molar refractivity (Wildman–Crippen MR) is 68.4 cm³/mol. The number of rotatable bonds is 3. The van der Waals surface area contributed by atoms with E-state index in [1.165, 1.54) is 24.9 Å². The van der Waals surface area contributed by atoms with Crippen molar-refractivity contribution in [1.29, 1.82) is 0 Å². The molecule has 88 valence electrons. The van der Waals surface area contributed by atoms with Crippen molar-refractivity contribution in [3.05, 3.63) is 35.9 Å². The minimum absolute atomic E-state index is 0.686. The summed E-state index contributed by atoms with van der Waals surface area (Å²) in [6, 6.07) is 12.2. The van der Waals surface area contributed by atoms with Gasteiger partial charge in [-0.2, -0.15) is 0 Å². The van der Waals surface area contributed by atoms with E-state index in [2.05, 4.69) is 54.5 Å². The van der Waals surface area contributed by atoms with Crippen molar-refractivity contribution in [3.63, 3.8) is 0 Å². The highest BCUT2D eigenvalue weighted by atomic mass is 15.2. The second kappa shape index (κ2) is 5.46. The Morgan fingerprint density at radius 1 is 1.31 bits per heavy atom. The van der Waals surface area contributed by atoms with Crippen LogP contribution in [0.4, 0.5) is 0 Å². The third-order valence-electron chi connectivity index (χ3n) is 3.65. The van der Waals surface area contributed by atoms with Crippen LogP contribution in [0.25, 0.3) is 0 Å². The van der Waals surface area contributed by atoms with E-state index in [9.17, 15) is 0 Å². The maximum absolute atomic E-state index is 3.39. The second-order valence-electron chi connectivity index (χ2n) is 4.82. The molecule has 1 aliphatic heterocycles. The lowest BCUT2D eigenvalue weighted by Gasteiger charge is -2.37. The molecule has 2 nitrogen and oxygen atoms in total. The highest BCUT2D eigenvalue weighted by molar-refractivity contribution is 5.14. The van der Waals surface area contributed by atoms with Crippen LogP contribution in [-0.2, 0) is 6.54 Å². The van der Waals surface area contributed by atoms with E-state index < -0.39 is 0 Å². The number of piperidine rings is 1. The molecule has 0 aromatic heterocycles. The van der Waals surface area contributed by atoms with Gasteiger partial charge in [0.2, 0.25) is 0 Å². The predicted octanol–water partition coefficient (Wildman–Crippen LogP) is 2.26. The van der Waals surface area contributed by atoms with Crippen molar-refractivity contribution in [2.24, 2.45) is 0 Å². The van der Waals surface area contributed by atoms with Gasteiger partial charge in [-0.3, -0.25) is 4.90 Å². The maximum atomic E-state index is 3.39. The Bertz CT molecular complexity index is 310. The van der Waals surface area contributed by atoms with Crippen LogP contribution in [0.3, 0.4) is 0 Å². The average Bonchev–Trinajstić information content (AvgIpc) is 2.33. The van der Waals surface area contributed by atoms with Gasteiger partial charge in [0.05, 0.1) is 0 Å². The summed E-state index contributed by atoms with van der Waals surface area (Å²) >= 11 is 0. The van der Waals surface area contributed by atoms with E-state index in [1.807, 2.05) is 0 Å². The van der Waals surface area contributed by atoms with Gasteiger partial charge < -0.3 is 5.32 Å². The Hall–Kier alpha value is -0.860. The van der Waals surface area contributed by atoms with Gasteiger partial charge in [-0.05, 0) is 32.4 Å². The minimum Gasteiger partial charge on any atom is -0.317 e. The van der Waals surface area contributed by atoms with E-state index in [-0.39, 0.29) is 0 Å². The molecule has 0 amide bonds. The van der Waals surface area contributed by atoms with Crippen LogP contribution < -0.4 is 5.32 Å². The maximum Gasteiger partial charge on any atom is 0.0236 e. The zero-order chi connectivity index (χ0) is 11.4. The number of benzene rings is 1. The van der Waals surface area contributed by atoms with Gasteiger partial charge >= 0.3 is 0 Å². The van der Waals surface area contributed by atoms with Crippen LogP contribution >= 0.6 is 0 Å². The largest absolute Gasteiger partial charge is 0.317 e. The summed E-state index contributed by atoms with van der Waals surface area (Å²) in [5.74, 6) is 0. The number of nitrogens with zero attached hydrogens (tertiary/aromatic N) is 1. The lowest BCUT2D eigenvalue weighted by Crippen LogP contribution is -2.46. The van der Waals surface area contributed by atoms with Crippen molar-refractivity contribution in [2.45, 2.75) is 38.4 Å². The molecule has 1 aromatic rings. The molecule has 16 heavy (non-hydrogen) atoms. The number of nitrogens with one attached hydrogen (secondary N) is 1. The van der Waals surface area contributed by atoms with E-state index in [0.29, 0.717) is 12.1 Å². The summed E-state index contributed by atoms with van der Waals surface area (Å²) in [6.45, 7) is 4.65. The van der Waals surface area contributed by atoms with Gasteiger partial charge in [-0.25, -0.2) is 0 Å². The Kier molecular flexibility index (Phi) is 3.97. The first-order chi connectivity index (χ1) is 7.79. The first kappa shape index (κ1) is 11.6. The quantitative estimate of drug-likeness (QED) is 0.837. The van der Waals surface area contributed by atoms with Crippen LogP contribution in [0.2, 0.25) is 0 Å². The fourth-order valence-electron chi connectivity index (χ4n) is 2.54. The molecule has 0 spiro atoms. The fraction of sp³-hybridized carbons (Fsp3) is 0.571. The van der Waals surface area contributed by atoms with E-state index in [4.69, 9.17) is 0 Å². The summed E-state index contributed by atoms with van der Waals surface area (Å²) in [4.78, 5) is 2.59. The number of hydrogen-bond acceptors (Lipinski definition) is 2. The Labute approximate surface area is 98.7 Å². The van der Waals surface area contributed by atoms with Gasteiger partial charge in [0.15, 0.2) is 0 Å². The van der Waals surface area contributed by atoms with E-state index >= 15 is 0 Å². The molecule has 0 bridgehead atoms. The van der Waals surface area contributed by atoms with E-state index in [1.54, 1.807) is 0 Å². The van der Waals surface area contributed by atoms with Crippen LogP contribution in [0.5, 0.6) is 0 Å². The molecule has 0 saturated carbocycles. The zero-order valence-electron chi connectivity index (χ0n) is 10.3. The first-order valence-corrected chi connectivity index (χ1v) is 6.25. The number of hydrogen-bond donors (Lipinski definition) is 1. The molecule has 1 fully saturated rings. The van der Waals surface area contributed by atoms with Crippen LogP contribution in [0.1, 0.15) is 25.3 Å². The molecule has 1 aliphatic rings. The van der Waals surface area contributed by atoms with Gasteiger partial charge in [-0.1, -0.05) is 30.3 Å². The third kappa shape index (κ3) is 2.83. The van der Waals surface area contributed by atoms with Crippen molar-refractivity contribution in [2.75, 3.05) is 13.6 Å². The lowest BCUT2D eigenvalue weighted by atomic mass is 9.98. The van der Waals surface area contributed by atoms with Gasteiger partial charge in [0.25, 0.3) is 0 Å². The van der Waals surface area contributed by atoms with Crippen molar-refractivity contribution in [1.82, 2.24) is 10.2 Å². The van der Waals surface area contributed by atoms with E-state index in [0.717, 1.165) is 6.54 Å².